The first-order chi connectivity index (χ1) is 16.1. The van der Waals surface area contributed by atoms with Crippen LogP contribution < -0.4 is 5.32 Å². The van der Waals surface area contributed by atoms with Crippen molar-refractivity contribution in [1.29, 1.82) is 0 Å². The maximum atomic E-state index is 12.6. The number of rotatable bonds is 10. The Hall–Kier alpha value is -2.77. The molecule has 0 radical (unpaired) electrons. The monoisotopic (exact) mass is 476 g/mol. The Morgan fingerprint density at radius 1 is 1.06 bits per heavy atom. The fourth-order valence-corrected chi connectivity index (χ4v) is 4.91. The second-order valence-corrected chi connectivity index (χ2v) is 10.2. The Kier molecular flexibility index (Phi) is 8.07. The number of hydrogen-bond donors (Lipinski definition) is 1. The first-order valence-electron chi connectivity index (χ1n) is 11.2. The number of amides is 1. The van der Waals surface area contributed by atoms with Crippen molar-refractivity contribution < 1.29 is 4.79 Å². The molecule has 0 aliphatic rings. The average Bonchev–Trinajstić information content (AvgIpc) is 3.28. The van der Waals surface area contributed by atoms with Crippen LogP contribution in [0.4, 0.5) is 0 Å². The summed E-state index contributed by atoms with van der Waals surface area (Å²) >= 11 is 3.35. The van der Waals surface area contributed by atoms with Crippen LogP contribution in [0.5, 0.6) is 0 Å². The van der Waals surface area contributed by atoms with Crippen molar-refractivity contribution in [3.8, 4) is 0 Å². The average molecular weight is 477 g/mol. The first kappa shape index (κ1) is 23.4. The van der Waals surface area contributed by atoms with Crippen molar-refractivity contribution in [3.05, 3.63) is 82.9 Å². The quantitative estimate of drug-likeness (QED) is 0.287. The van der Waals surface area contributed by atoms with Crippen LogP contribution >= 0.6 is 23.1 Å². The van der Waals surface area contributed by atoms with Gasteiger partial charge in [-0.2, -0.15) is 0 Å². The standard InChI is InChI=1S/C26H28N4OS2/c1-18(8-12-24-27-16-21(32-2)17-28-24)9-13-25-30-22-11-10-20(14-23(22)33-25)26(31)29-15-19-6-4-3-5-7-19/h3-7,10-11,14,16-18H,8-9,12-13,15H2,1-2H3,(H,29,31). The van der Waals surface area contributed by atoms with Gasteiger partial charge in [0.2, 0.25) is 0 Å². The molecule has 2 heterocycles. The molecule has 0 fully saturated rings. The minimum absolute atomic E-state index is 0.0582. The highest BCUT2D eigenvalue weighted by Crippen LogP contribution is 2.26. The maximum Gasteiger partial charge on any atom is 0.251 e. The first-order valence-corrected chi connectivity index (χ1v) is 13.2. The minimum atomic E-state index is -0.0582. The van der Waals surface area contributed by atoms with Crippen molar-refractivity contribution in [2.24, 2.45) is 5.92 Å². The lowest BCUT2D eigenvalue weighted by atomic mass is 10.00. The number of thiazole rings is 1. The molecule has 0 aliphatic heterocycles. The van der Waals surface area contributed by atoms with Gasteiger partial charge in [0, 0.05) is 35.8 Å². The van der Waals surface area contributed by atoms with Gasteiger partial charge in [-0.15, -0.1) is 23.1 Å². The topological polar surface area (TPSA) is 67.8 Å². The summed E-state index contributed by atoms with van der Waals surface area (Å²) in [4.78, 5) is 27.3. The van der Waals surface area contributed by atoms with Crippen LogP contribution in [0.1, 0.15) is 46.5 Å². The minimum Gasteiger partial charge on any atom is -0.348 e. The molecule has 0 saturated carbocycles. The fraction of sp³-hybridized carbons (Fsp3) is 0.308. The van der Waals surface area contributed by atoms with Gasteiger partial charge in [-0.1, -0.05) is 37.3 Å². The summed E-state index contributed by atoms with van der Waals surface area (Å²) in [5.74, 6) is 1.43. The zero-order valence-electron chi connectivity index (χ0n) is 19.0. The van der Waals surface area contributed by atoms with Gasteiger partial charge in [0.15, 0.2) is 0 Å². The highest BCUT2D eigenvalue weighted by molar-refractivity contribution is 7.98. The second-order valence-electron chi connectivity index (χ2n) is 8.18. The summed E-state index contributed by atoms with van der Waals surface area (Å²) < 4.78 is 1.06. The lowest BCUT2D eigenvalue weighted by molar-refractivity contribution is 0.0951. The van der Waals surface area contributed by atoms with Gasteiger partial charge < -0.3 is 5.32 Å². The molecule has 1 atom stereocenters. The maximum absolute atomic E-state index is 12.6. The molecule has 4 aromatic rings. The molecule has 170 valence electrons. The van der Waals surface area contributed by atoms with Crippen molar-refractivity contribution >= 4 is 39.2 Å². The van der Waals surface area contributed by atoms with E-state index >= 15 is 0 Å². The van der Waals surface area contributed by atoms with E-state index < -0.39 is 0 Å². The number of hydrogen-bond acceptors (Lipinski definition) is 6. The Morgan fingerprint density at radius 2 is 1.82 bits per heavy atom. The number of nitrogens with one attached hydrogen (secondary N) is 1. The number of carbonyl (C=O) groups is 1. The second kappa shape index (κ2) is 11.4. The highest BCUT2D eigenvalue weighted by atomic mass is 32.2. The summed E-state index contributed by atoms with van der Waals surface area (Å²) in [6.07, 6.45) is 9.82. The van der Waals surface area contributed by atoms with Crippen molar-refractivity contribution in [2.45, 2.75) is 44.0 Å². The predicted molar refractivity (Wildman–Crippen MR) is 137 cm³/mol. The predicted octanol–water partition coefficient (Wildman–Crippen LogP) is 5.94. The number of carbonyl (C=O) groups excluding carboxylic acids is 1. The van der Waals surface area contributed by atoms with E-state index in [4.69, 9.17) is 4.98 Å². The van der Waals surface area contributed by atoms with Gasteiger partial charge in [0.25, 0.3) is 5.91 Å². The summed E-state index contributed by atoms with van der Waals surface area (Å²) in [5.41, 5.74) is 2.73. The Labute approximate surface area is 203 Å². The van der Waals surface area contributed by atoms with Crippen LogP contribution in [0.3, 0.4) is 0 Å². The molecule has 5 nitrogen and oxygen atoms in total. The van der Waals surface area contributed by atoms with E-state index in [0.29, 0.717) is 18.0 Å². The molecule has 7 heteroatoms. The molecule has 2 aromatic carbocycles. The van der Waals surface area contributed by atoms with E-state index in [1.165, 1.54) is 0 Å². The van der Waals surface area contributed by atoms with E-state index in [2.05, 4.69) is 22.2 Å². The third kappa shape index (κ3) is 6.62. The molecule has 33 heavy (non-hydrogen) atoms. The number of fused-ring (bicyclic) bond motifs is 1. The molecule has 0 bridgehead atoms. The van der Waals surface area contributed by atoms with Crippen LogP contribution in [0.15, 0.2) is 65.8 Å². The molecule has 2 aromatic heterocycles. The highest BCUT2D eigenvalue weighted by Gasteiger charge is 2.11. The Balaban J connectivity index is 1.29. The van der Waals surface area contributed by atoms with Crippen LogP contribution in [0, 0.1) is 5.92 Å². The van der Waals surface area contributed by atoms with Crippen LogP contribution in [0.2, 0.25) is 0 Å². The van der Waals surface area contributed by atoms with Gasteiger partial charge >= 0.3 is 0 Å². The van der Waals surface area contributed by atoms with E-state index in [-0.39, 0.29) is 5.91 Å². The molecular weight excluding hydrogens is 448 g/mol. The van der Waals surface area contributed by atoms with Crippen LogP contribution in [-0.4, -0.2) is 27.1 Å². The summed E-state index contributed by atoms with van der Waals surface area (Å²) in [6.45, 7) is 2.80. The summed E-state index contributed by atoms with van der Waals surface area (Å²) in [6, 6.07) is 15.7. The van der Waals surface area contributed by atoms with Crippen molar-refractivity contribution in [3.63, 3.8) is 0 Å². The Morgan fingerprint density at radius 3 is 2.58 bits per heavy atom. The number of aromatic nitrogens is 3. The SMILES string of the molecule is CSc1cnc(CCC(C)CCc2nc3ccc(C(=O)NCc4ccccc4)cc3s2)nc1. The summed E-state index contributed by atoms with van der Waals surface area (Å²) in [7, 11) is 0. The number of thioether (sulfide) groups is 1. The van der Waals surface area contributed by atoms with Crippen LogP contribution in [-0.2, 0) is 19.4 Å². The lowest BCUT2D eigenvalue weighted by Crippen LogP contribution is -2.22. The van der Waals surface area contributed by atoms with Crippen molar-refractivity contribution in [2.75, 3.05) is 6.26 Å². The van der Waals surface area contributed by atoms with E-state index in [0.717, 1.165) is 57.2 Å². The van der Waals surface area contributed by atoms with Gasteiger partial charge in [0.05, 0.1) is 15.2 Å². The van der Waals surface area contributed by atoms with Gasteiger partial charge in [0.1, 0.15) is 5.82 Å². The zero-order valence-corrected chi connectivity index (χ0v) is 20.6. The van der Waals surface area contributed by atoms with E-state index in [1.807, 2.05) is 67.2 Å². The largest absolute Gasteiger partial charge is 0.348 e. The third-order valence-corrected chi connectivity index (χ3v) is 7.38. The smallest absolute Gasteiger partial charge is 0.251 e. The number of nitrogens with zero attached hydrogens (tertiary/aromatic N) is 3. The molecule has 1 unspecified atom stereocenters. The fourth-order valence-electron chi connectivity index (χ4n) is 3.57. The van der Waals surface area contributed by atoms with Crippen molar-refractivity contribution in [1.82, 2.24) is 20.3 Å². The molecule has 0 saturated heterocycles. The van der Waals surface area contributed by atoms with Crippen LogP contribution in [0.25, 0.3) is 10.2 Å². The zero-order chi connectivity index (χ0) is 23.0. The third-order valence-electron chi connectivity index (χ3n) is 5.62. The normalized spacial score (nSPS) is 12.1. The number of aryl methyl sites for hydroxylation is 2. The van der Waals surface area contributed by atoms with Gasteiger partial charge in [-0.25, -0.2) is 15.0 Å². The molecule has 0 spiro atoms. The molecule has 0 aliphatic carbocycles. The number of benzene rings is 2. The van der Waals surface area contributed by atoms with Gasteiger partial charge in [-0.05, 0) is 55.2 Å². The molecule has 1 N–H and O–H groups in total. The molecule has 1 amide bonds. The molecule has 4 rings (SSSR count). The molecular formula is C26H28N4OS2. The van der Waals surface area contributed by atoms with E-state index in [1.54, 1.807) is 23.1 Å². The Bertz CT molecular complexity index is 1190. The van der Waals surface area contributed by atoms with Gasteiger partial charge in [-0.3, -0.25) is 4.79 Å². The lowest BCUT2D eigenvalue weighted by Gasteiger charge is -2.09. The summed E-state index contributed by atoms with van der Waals surface area (Å²) in [5, 5.41) is 4.12. The van der Waals surface area contributed by atoms with E-state index in [9.17, 15) is 4.79 Å².